The van der Waals surface area contributed by atoms with Gasteiger partial charge in [-0.25, -0.2) is 0 Å². The highest BCUT2D eigenvalue weighted by molar-refractivity contribution is 7.99. The molecule has 116 valence electrons. The van der Waals surface area contributed by atoms with E-state index in [0.717, 1.165) is 5.56 Å². The van der Waals surface area contributed by atoms with Gasteiger partial charge in [-0.3, -0.25) is 4.79 Å². The van der Waals surface area contributed by atoms with Gasteiger partial charge in [-0.05, 0) is 35.9 Å². The van der Waals surface area contributed by atoms with Crippen LogP contribution in [0.5, 0.6) is 0 Å². The van der Waals surface area contributed by atoms with Gasteiger partial charge in [-0.2, -0.15) is 0 Å². The molecule has 0 aliphatic heterocycles. The van der Waals surface area contributed by atoms with Crippen LogP contribution in [0, 0.1) is 0 Å². The van der Waals surface area contributed by atoms with E-state index in [1.54, 1.807) is 36.4 Å². The predicted octanol–water partition coefficient (Wildman–Crippen LogP) is 6.17. The number of rotatable bonds is 5. The van der Waals surface area contributed by atoms with Gasteiger partial charge in [0.15, 0.2) is 0 Å². The van der Waals surface area contributed by atoms with Crippen molar-refractivity contribution in [3.8, 4) is 0 Å². The summed E-state index contributed by atoms with van der Waals surface area (Å²) in [5.41, 5.74) is 1.40. The highest BCUT2D eigenvalue weighted by Crippen LogP contribution is 2.28. The van der Waals surface area contributed by atoms with Gasteiger partial charge in [-0.1, -0.05) is 52.5 Å². The quantitative estimate of drug-likeness (QED) is 0.656. The normalized spacial score (nSPS) is 10.5. The molecular weight excluding hydrogens is 384 g/mol. The van der Waals surface area contributed by atoms with Crippen LogP contribution in [0.4, 0.5) is 5.69 Å². The Morgan fingerprint density at radius 1 is 1.00 bits per heavy atom. The number of amides is 1. The van der Waals surface area contributed by atoms with E-state index < -0.39 is 0 Å². The molecule has 0 radical (unpaired) electrons. The van der Waals surface area contributed by atoms with Gasteiger partial charge in [0.25, 0.3) is 0 Å². The number of anilines is 1. The van der Waals surface area contributed by atoms with Gasteiger partial charge >= 0.3 is 0 Å². The molecule has 0 aromatic heterocycles. The van der Waals surface area contributed by atoms with Gasteiger partial charge < -0.3 is 5.32 Å². The Morgan fingerprint density at radius 2 is 1.59 bits per heavy atom. The van der Waals surface area contributed by atoms with Gasteiger partial charge in [0.1, 0.15) is 0 Å². The zero-order valence-corrected chi connectivity index (χ0v) is 15.0. The van der Waals surface area contributed by atoms with Crippen LogP contribution in [0.1, 0.15) is 5.56 Å². The first kappa shape index (κ1) is 17.8. The third-order valence-corrected chi connectivity index (χ3v) is 4.79. The third-order valence-electron chi connectivity index (χ3n) is 2.69. The molecule has 0 fully saturated rings. The fourth-order valence-electron chi connectivity index (χ4n) is 1.74. The first-order chi connectivity index (χ1) is 10.5. The van der Waals surface area contributed by atoms with Crippen molar-refractivity contribution in [2.75, 3.05) is 11.1 Å². The van der Waals surface area contributed by atoms with E-state index in [0.29, 0.717) is 31.5 Å². The van der Waals surface area contributed by atoms with E-state index in [1.807, 2.05) is 0 Å². The van der Waals surface area contributed by atoms with Crippen LogP contribution in [0.3, 0.4) is 0 Å². The van der Waals surface area contributed by atoms with Gasteiger partial charge in [0, 0.05) is 31.5 Å². The monoisotopic (exact) mass is 393 g/mol. The maximum Gasteiger partial charge on any atom is 0.234 e. The van der Waals surface area contributed by atoms with Crippen LogP contribution >= 0.6 is 58.2 Å². The number of hydrogen-bond acceptors (Lipinski definition) is 2. The average molecular weight is 395 g/mol. The number of thioether (sulfide) groups is 1. The average Bonchev–Trinajstić information content (AvgIpc) is 2.41. The smallest absolute Gasteiger partial charge is 0.234 e. The molecule has 2 nitrogen and oxygen atoms in total. The summed E-state index contributed by atoms with van der Waals surface area (Å²) in [4.78, 5) is 11.9. The summed E-state index contributed by atoms with van der Waals surface area (Å²) in [7, 11) is 0. The lowest BCUT2D eigenvalue weighted by atomic mass is 10.2. The molecule has 0 aliphatic rings. The lowest BCUT2D eigenvalue weighted by Crippen LogP contribution is -2.14. The topological polar surface area (TPSA) is 29.1 Å². The van der Waals surface area contributed by atoms with Crippen molar-refractivity contribution in [2.24, 2.45) is 0 Å². The summed E-state index contributed by atoms with van der Waals surface area (Å²) >= 11 is 25.4. The minimum atomic E-state index is -0.147. The molecule has 2 aromatic carbocycles. The zero-order chi connectivity index (χ0) is 16.1. The molecule has 22 heavy (non-hydrogen) atoms. The van der Waals surface area contributed by atoms with Crippen molar-refractivity contribution in [3.63, 3.8) is 0 Å². The van der Waals surface area contributed by atoms with E-state index in [-0.39, 0.29) is 11.7 Å². The Labute approximate surface area is 153 Å². The first-order valence-corrected chi connectivity index (χ1v) is 8.89. The van der Waals surface area contributed by atoms with E-state index in [9.17, 15) is 4.79 Å². The lowest BCUT2D eigenvalue weighted by molar-refractivity contribution is -0.113. The van der Waals surface area contributed by atoms with E-state index in [4.69, 9.17) is 46.4 Å². The van der Waals surface area contributed by atoms with Gasteiger partial charge in [0.05, 0.1) is 5.75 Å². The molecule has 2 rings (SSSR count). The van der Waals surface area contributed by atoms with Crippen molar-refractivity contribution in [2.45, 2.75) is 5.75 Å². The third kappa shape index (κ3) is 5.25. The molecule has 1 N–H and O–H groups in total. The number of benzene rings is 2. The Hall–Kier alpha value is -0.580. The highest BCUT2D eigenvalue weighted by atomic mass is 35.5. The number of hydrogen-bond donors (Lipinski definition) is 1. The summed E-state index contributed by atoms with van der Waals surface area (Å²) in [5, 5.41) is 4.88. The maximum absolute atomic E-state index is 11.9. The van der Waals surface area contributed by atoms with Crippen molar-refractivity contribution < 1.29 is 4.79 Å². The molecule has 2 aromatic rings. The second-order valence-electron chi connectivity index (χ2n) is 4.40. The van der Waals surface area contributed by atoms with Crippen LogP contribution < -0.4 is 5.32 Å². The van der Waals surface area contributed by atoms with Crippen molar-refractivity contribution in [1.82, 2.24) is 0 Å². The molecule has 0 heterocycles. The predicted molar refractivity (Wildman–Crippen MR) is 97.7 cm³/mol. The summed E-state index contributed by atoms with van der Waals surface area (Å²) < 4.78 is 0. The Morgan fingerprint density at radius 3 is 2.18 bits per heavy atom. The van der Waals surface area contributed by atoms with Crippen LogP contribution in [0.2, 0.25) is 20.1 Å². The van der Waals surface area contributed by atoms with Crippen LogP contribution in [-0.2, 0) is 10.5 Å². The first-order valence-electron chi connectivity index (χ1n) is 6.22. The summed E-state index contributed by atoms with van der Waals surface area (Å²) in [5.74, 6) is 0.681. The molecule has 0 saturated heterocycles. The number of carbonyl (C=O) groups excluding carboxylic acids is 1. The fourth-order valence-corrected chi connectivity index (χ4v) is 3.83. The minimum Gasteiger partial charge on any atom is -0.325 e. The lowest BCUT2D eigenvalue weighted by Gasteiger charge is -2.08. The second-order valence-corrected chi connectivity index (χ2v) is 7.07. The van der Waals surface area contributed by atoms with Gasteiger partial charge in [0.2, 0.25) is 5.91 Å². The molecule has 0 unspecified atom stereocenters. The summed E-state index contributed by atoms with van der Waals surface area (Å²) in [6.07, 6.45) is 0. The Balaban J connectivity index is 1.88. The van der Waals surface area contributed by atoms with Crippen LogP contribution in [0.15, 0.2) is 36.4 Å². The molecule has 1 amide bonds. The highest BCUT2D eigenvalue weighted by Gasteiger charge is 2.08. The molecule has 7 heteroatoms. The van der Waals surface area contributed by atoms with Crippen LogP contribution in [0.25, 0.3) is 0 Å². The zero-order valence-electron chi connectivity index (χ0n) is 11.2. The standard InChI is InChI=1S/C15H11Cl4NOS/c16-9-4-10(17)6-11(5-9)20-15(21)8-22-7-12-13(18)2-1-3-14(12)19/h1-6H,7-8H2,(H,20,21). The Bertz CT molecular complexity index is 653. The number of carbonyl (C=O) groups is 1. The van der Waals surface area contributed by atoms with Crippen molar-refractivity contribution in [3.05, 3.63) is 62.1 Å². The van der Waals surface area contributed by atoms with Crippen LogP contribution in [-0.4, -0.2) is 11.7 Å². The fraction of sp³-hybridized carbons (Fsp3) is 0.133. The summed E-state index contributed by atoms with van der Waals surface area (Å²) in [6.45, 7) is 0. The number of halogens is 4. The van der Waals surface area contributed by atoms with E-state index in [1.165, 1.54) is 11.8 Å². The molecule has 0 saturated carbocycles. The second kappa shape index (κ2) is 8.32. The minimum absolute atomic E-state index is 0.147. The molecule has 0 atom stereocenters. The van der Waals surface area contributed by atoms with Gasteiger partial charge in [-0.15, -0.1) is 11.8 Å². The molecule has 0 spiro atoms. The number of nitrogens with one attached hydrogen (secondary N) is 1. The molecule has 0 aliphatic carbocycles. The largest absolute Gasteiger partial charge is 0.325 e. The Kier molecular flexibility index (Phi) is 6.72. The van der Waals surface area contributed by atoms with E-state index >= 15 is 0 Å². The maximum atomic E-state index is 11.9. The van der Waals surface area contributed by atoms with Crippen molar-refractivity contribution >= 4 is 69.8 Å². The SMILES string of the molecule is O=C(CSCc1c(Cl)cccc1Cl)Nc1cc(Cl)cc(Cl)c1. The summed E-state index contributed by atoms with van der Waals surface area (Å²) in [6, 6.07) is 10.2. The molecular formula is C15H11Cl4NOS. The molecule has 0 bridgehead atoms. The van der Waals surface area contributed by atoms with E-state index in [2.05, 4.69) is 5.32 Å². The van der Waals surface area contributed by atoms with Crippen molar-refractivity contribution in [1.29, 1.82) is 0 Å².